The lowest BCUT2D eigenvalue weighted by Gasteiger charge is -2.23. The molecule has 0 saturated carbocycles. The van der Waals surface area contributed by atoms with Gasteiger partial charge in [-0.15, -0.1) is 0 Å². The highest BCUT2D eigenvalue weighted by Gasteiger charge is 2.17. The fraction of sp³-hybridized carbons (Fsp3) is 0.500. The second-order valence-corrected chi connectivity index (χ2v) is 6.74. The molecule has 0 aliphatic carbocycles. The zero-order chi connectivity index (χ0) is 14.0. The van der Waals surface area contributed by atoms with Crippen LogP contribution in [0, 0.1) is 0 Å². The van der Waals surface area contributed by atoms with E-state index >= 15 is 0 Å². The molecule has 0 aliphatic heterocycles. The van der Waals surface area contributed by atoms with E-state index in [0.29, 0.717) is 24.3 Å². The Balaban J connectivity index is 2.88. The summed E-state index contributed by atoms with van der Waals surface area (Å²) in [6.45, 7) is 3.96. The lowest BCUT2D eigenvalue weighted by atomic mass is 10.0. The Morgan fingerprint density at radius 2 is 2.06 bits per heavy atom. The van der Waals surface area contributed by atoms with Crippen molar-refractivity contribution in [2.45, 2.75) is 30.8 Å². The Morgan fingerprint density at radius 3 is 2.50 bits per heavy atom. The highest BCUT2D eigenvalue weighted by atomic mass is 32.2. The van der Waals surface area contributed by atoms with E-state index in [1.165, 1.54) is 12.1 Å². The van der Waals surface area contributed by atoms with Crippen LogP contribution in [-0.2, 0) is 9.84 Å². The SMILES string of the molecule is CCC(C)(O)CNc1ccc(S(C)(=O)=O)cc1N. The molecule has 0 amide bonds. The molecule has 5 nitrogen and oxygen atoms in total. The summed E-state index contributed by atoms with van der Waals surface area (Å²) in [5.41, 5.74) is 5.94. The van der Waals surface area contributed by atoms with Crippen LogP contribution in [0.1, 0.15) is 20.3 Å². The predicted octanol–water partition coefficient (Wildman–Crippen LogP) is 1.25. The van der Waals surface area contributed by atoms with Gasteiger partial charge in [0, 0.05) is 12.8 Å². The summed E-state index contributed by atoms with van der Waals surface area (Å²) in [7, 11) is -3.25. The van der Waals surface area contributed by atoms with Crippen molar-refractivity contribution in [1.82, 2.24) is 0 Å². The molecule has 0 spiro atoms. The van der Waals surface area contributed by atoms with E-state index < -0.39 is 15.4 Å². The van der Waals surface area contributed by atoms with Crippen LogP contribution in [0.3, 0.4) is 0 Å². The lowest BCUT2D eigenvalue weighted by molar-refractivity contribution is 0.0697. The number of aliphatic hydroxyl groups is 1. The summed E-state index contributed by atoms with van der Waals surface area (Å²) in [6, 6.07) is 4.52. The Kier molecular flexibility index (Phi) is 4.24. The number of rotatable bonds is 5. The van der Waals surface area contributed by atoms with Gasteiger partial charge in [0.05, 0.1) is 21.9 Å². The minimum atomic E-state index is -3.25. The number of hydrogen-bond donors (Lipinski definition) is 3. The summed E-state index contributed by atoms with van der Waals surface area (Å²) in [4.78, 5) is 0.188. The van der Waals surface area contributed by atoms with Crippen LogP contribution in [0.15, 0.2) is 23.1 Å². The van der Waals surface area contributed by atoms with Gasteiger partial charge in [0.2, 0.25) is 0 Å². The van der Waals surface area contributed by atoms with E-state index in [9.17, 15) is 13.5 Å². The Bertz CT molecular complexity index is 524. The van der Waals surface area contributed by atoms with E-state index in [4.69, 9.17) is 5.73 Å². The molecule has 1 aromatic rings. The van der Waals surface area contributed by atoms with Crippen LogP contribution in [0.4, 0.5) is 11.4 Å². The lowest BCUT2D eigenvalue weighted by Crippen LogP contribution is -2.32. The zero-order valence-corrected chi connectivity index (χ0v) is 11.7. The average Bonchev–Trinajstić information content (AvgIpc) is 2.26. The van der Waals surface area contributed by atoms with Gasteiger partial charge in [-0.05, 0) is 31.5 Å². The molecule has 1 atom stereocenters. The molecule has 1 aromatic carbocycles. The molecule has 0 bridgehead atoms. The molecular formula is C12H20N2O3S. The fourth-order valence-electron chi connectivity index (χ4n) is 1.34. The number of sulfone groups is 1. The second-order valence-electron chi connectivity index (χ2n) is 4.73. The maximum absolute atomic E-state index is 11.3. The Morgan fingerprint density at radius 1 is 1.44 bits per heavy atom. The van der Waals surface area contributed by atoms with Gasteiger partial charge >= 0.3 is 0 Å². The van der Waals surface area contributed by atoms with Gasteiger partial charge in [0.15, 0.2) is 9.84 Å². The molecular weight excluding hydrogens is 252 g/mol. The van der Waals surface area contributed by atoms with Crippen molar-refractivity contribution in [2.24, 2.45) is 0 Å². The summed E-state index contributed by atoms with van der Waals surface area (Å²) in [5.74, 6) is 0. The van der Waals surface area contributed by atoms with E-state index in [-0.39, 0.29) is 4.90 Å². The predicted molar refractivity (Wildman–Crippen MR) is 73.4 cm³/mol. The fourth-order valence-corrected chi connectivity index (χ4v) is 2.00. The Labute approximate surface area is 108 Å². The van der Waals surface area contributed by atoms with Crippen molar-refractivity contribution in [3.63, 3.8) is 0 Å². The average molecular weight is 272 g/mol. The number of nitrogen functional groups attached to an aromatic ring is 1. The van der Waals surface area contributed by atoms with Crippen molar-refractivity contribution in [3.05, 3.63) is 18.2 Å². The smallest absolute Gasteiger partial charge is 0.175 e. The molecule has 0 radical (unpaired) electrons. The second kappa shape index (κ2) is 5.16. The first-order chi connectivity index (χ1) is 8.15. The van der Waals surface area contributed by atoms with Gasteiger partial charge in [-0.2, -0.15) is 0 Å². The van der Waals surface area contributed by atoms with Gasteiger partial charge in [0.25, 0.3) is 0 Å². The number of benzene rings is 1. The summed E-state index contributed by atoms with van der Waals surface area (Å²) in [5, 5.41) is 12.9. The first-order valence-electron chi connectivity index (χ1n) is 5.71. The van der Waals surface area contributed by atoms with Crippen LogP contribution in [0.25, 0.3) is 0 Å². The van der Waals surface area contributed by atoms with Crippen LogP contribution in [0.2, 0.25) is 0 Å². The van der Waals surface area contributed by atoms with Crippen LogP contribution < -0.4 is 11.1 Å². The monoisotopic (exact) mass is 272 g/mol. The molecule has 0 saturated heterocycles. The number of nitrogens with one attached hydrogen (secondary N) is 1. The summed E-state index contributed by atoms with van der Waals surface area (Å²) < 4.78 is 22.7. The van der Waals surface area contributed by atoms with Crippen molar-refractivity contribution >= 4 is 21.2 Å². The molecule has 0 aromatic heterocycles. The third-order valence-corrected chi connectivity index (χ3v) is 3.98. The van der Waals surface area contributed by atoms with Crippen LogP contribution >= 0.6 is 0 Å². The number of nitrogens with two attached hydrogens (primary N) is 1. The molecule has 0 fully saturated rings. The van der Waals surface area contributed by atoms with E-state index in [0.717, 1.165) is 6.26 Å². The highest BCUT2D eigenvalue weighted by molar-refractivity contribution is 7.90. The maximum Gasteiger partial charge on any atom is 0.175 e. The van der Waals surface area contributed by atoms with E-state index in [2.05, 4.69) is 5.32 Å². The summed E-state index contributed by atoms with van der Waals surface area (Å²) in [6.07, 6.45) is 1.75. The summed E-state index contributed by atoms with van der Waals surface area (Å²) >= 11 is 0. The van der Waals surface area contributed by atoms with Crippen molar-refractivity contribution < 1.29 is 13.5 Å². The first-order valence-corrected chi connectivity index (χ1v) is 7.61. The third-order valence-electron chi connectivity index (χ3n) is 2.87. The van der Waals surface area contributed by atoms with Gasteiger partial charge in [-0.1, -0.05) is 6.92 Å². The van der Waals surface area contributed by atoms with E-state index in [1.807, 2.05) is 6.92 Å². The van der Waals surface area contributed by atoms with Crippen LogP contribution in [0.5, 0.6) is 0 Å². The molecule has 0 heterocycles. The maximum atomic E-state index is 11.3. The first kappa shape index (κ1) is 14.8. The zero-order valence-electron chi connectivity index (χ0n) is 10.9. The van der Waals surface area contributed by atoms with Crippen molar-refractivity contribution in [2.75, 3.05) is 23.9 Å². The molecule has 1 unspecified atom stereocenters. The normalized spacial score (nSPS) is 15.1. The molecule has 102 valence electrons. The van der Waals surface area contributed by atoms with Gasteiger partial charge < -0.3 is 16.2 Å². The minimum absolute atomic E-state index is 0.188. The number of hydrogen-bond acceptors (Lipinski definition) is 5. The van der Waals surface area contributed by atoms with Crippen molar-refractivity contribution in [1.29, 1.82) is 0 Å². The molecule has 18 heavy (non-hydrogen) atoms. The van der Waals surface area contributed by atoms with Crippen molar-refractivity contribution in [3.8, 4) is 0 Å². The standard InChI is InChI=1S/C12H20N2O3S/c1-4-12(2,15)8-14-11-6-5-9(7-10(11)13)18(3,16)17/h5-7,14-15H,4,8,13H2,1-3H3. The molecule has 6 heteroatoms. The third kappa shape index (κ3) is 3.89. The van der Waals surface area contributed by atoms with Gasteiger partial charge in [-0.3, -0.25) is 0 Å². The molecule has 0 aliphatic rings. The largest absolute Gasteiger partial charge is 0.397 e. The molecule has 1 rings (SSSR count). The highest BCUT2D eigenvalue weighted by Crippen LogP contribution is 2.23. The van der Waals surface area contributed by atoms with Crippen LogP contribution in [-0.4, -0.2) is 31.9 Å². The quantitative estimate of drug-likeness (QED) is 0.701. The van der Waals surface area contributed by atoms with Gasteiger partial charge in [-0.25, -0.2) is 8.42 Å². The topological polar surface area (TPSA) is 92.4 Å². The minimum Gasteiger partial charge on any atom is -0.397 e. The Hall–Kier alpha value is -1.27. The van der Waals surface area contributed by atoms with E-state index in [1.54, 1.807) is 13.0 Å². The van der Waals surface area contributed by atoms with Gasteiger partial charge in [0.1, 0.15) is 0 Å². The molecule has 4 N–H and O–H groups in total. The number of anilines is 2.